The maximum Gasteiger partial charge on any atom is 0.0339 e. The average Bonchev–Trinajstić information content (AvgIpc) is 3.38. The van der Waals surface area contributed by atoms with E-state index >= 15 is 0 Å². The molecular weight excluding hydrogens is 769 g/mol. The predicted octanol–water partition coefficient (Wildman–Crippen LogP) is 16.4. The van der Waals surface area contributed by atoms with E-state index in [9.17, 15) is 0 Å². The van der Waals surface area contributed by atoms with Crippen LogP contribution in [0.15, 0.2) is 279 Å². The van der Waals surface area contributed by atoms with Gasteiger partial charge in [-0.05, 0) is 89.0 Å². The number of rotatable bonds is 12. The zero-order chi connectivity index (χ0) is 42.9. The quantitative estimate of drug-likeness (QED) is 0.0851. The largest absolute Gasteiger partial charge is 0.0622 e. The summed E-state index contributed by atoms with van der Waals surface area (Å²) in [6.45, 7) is 0. The SMILES string of the molecule is c1ccc(/C(=C(\c2ccccc2)c2ccccc2-c2ccc(C(c3ccccc3)c3ccccc3)cc2)c2ccccc2-c2ccc(C(c3ccccc3)c3ccccc3)cc2)cc1. The van der Waals surface area contributed by atoms with Gasteiger partial charge in [0, 0.05) is 11.8 Å². The highest BCUT2D eigenvalue weighted by atomic mass is 14.3. The molecule has 0 heteroatoms. The van der Waals surface area contributed by atoms with Crippen molar-refractivity contribution in [3.05, 3.63) is 335 Å². The van der Waals surface area contributed by atoms with Crippen molar-refractivity contribution in [3.63, 3.8) is 0 Å². The second-order valence-corrected chi connectivity index (χ2v) is 16.3. The highest BCUT2D eigenvalue weighted by Crippen LogP contribution is 2.44. The first-order valence-corrected chi connectivity index (χ1v) is 22.2. The van der Waals surface area contributed by atoms with Gasteiger partial charge in [0.05, 0.1) is 0 Å². The van der Waals surface area contributed by atoms with Crippen molar-refractivity contribution in [2.24, 2.45) is 0 Å². The van der Waals surface area contributed by atoms with Crippen LogP contribution >= 0.6 is 0 Å². The Morgan fingerprint density at radius 1 is 0.203 bits per heavy atom. The number of benzene rings is 10. The molecule has 0 unspecified atom stereocenters. The molecule has 64 heavy (non-hydrogen) atoms. The van der Waals surface area contributed by atoms with Crippen molar-refractivity contribution >= 4 is 11.1 Å². The Labute approximate surface area is 378 Å². The van der Waals surface area contributed by atoms with Crippen molar-refractivity contribution in [1.29, 1.82) is 0 Å². The van der Waals surface area contributed by atoms with Gasteiger partial charge >= 0.3 is 0 Å². The zero-order valence-electron chi connectivity index (χ0n) is 35.7. The van der Waals surface area contributed by atoms with Crippen molar-refractivity contribution in [1.82, 2.24) is 0 Å². The highest BCUT2D eigenvalue weighted by Gasteiger charge is 2.23. The third kappa shape index (κ3) is 8.43. The molecule has 10 rings (SSSR count). The summed E-state index contributed by atoms with van der Waals surface area (Å²) in [6, 6.07) is 102. The lowest BCUT2D eigenvalue weighted by molar-refractivity contribution is 0.978. The van der Waals surface area contributed by atoms with Crippen LogP contribution in [0.1, 0.15) is 67.5 Å². The van der Waals surface area contributed by atoms with Gasteiger partial charge in [0.1, 0.15) is 0 Å². The topological polar surface area (TPSA) is 0 Å². The van der Waals surface area contributed by atoms with Crippen molar-refractivity contribution in [3.8, 4) is 22.3 Å². The number of hydrogen-bond donors (Lipinski definition) is 0. The van der Waals surface area contributed by atoms with Crippen LogP contribution in [0, 0.1) is 0 Å². The first-order chi connectivity index (χ1) is 31.8. The molecule has 0 N–H and O–H groups in total. The Morgan fingerprint density at radius 3 is 0.734 bits per heavy atom. The van der Waals surface area contributed by atoms with Crippen LogP contribution in [0.3, 0.4) is 0 Å². The van der Waals surface area contributed by atoms with Gasteiger partial charge in [0.15, 0.2) is 0 Å². The molecule has 10 aromatic rings. The molecule has 0 amide bonds. The molecule has 0 heterocycles. The molecule has 0 spiro atoms. The van der Waals surface area contributed by atoms with E-state index < -0.39 is 0 Å². The minimum atomic E-state index is 0.129. The van der Waals surface area contributed by atoms with Crippen LogP contribution in [0.25, 0.3) is 33.4 Å². The lowest BCUT2D eigenvalue weighted by Gasteiger charge is -2.23. The minimum Gasteiger partial charge on any atom is -0.0622 e. The smallest absolute Gasteiger partial charge is 0.0339 e. The Hall–Kier alpha value is -8.06. The fourth-order valence-corrected chi connectivity index (χ4v) is 9.43. The summed E-state index contributed by atoms with van der Waals surface area (Å²) in [6.07, 6.45) is 0. The molecule has 0 aromatic heterocycles. The van der Waals surface area contributed by atoms with Crippen molar-refractivity contribution < 1.29 is 0 Å². The van der Waals surface area contributed by atoms with Gasteiger partial charge < -0.3 is 0 Å². The van der Waals surface area contributed by atoms with Gasteiger partial charge in [-0.2, -0.15) is 0 Å². The van der Waals surface area contributed by atoms with Crippen LogP contribution in [-0.4, -0.2) is 0 Å². The summed E-state index contributed by atoms with van der Waals surface area (Å²) in [5.74, 6) is 0.258. The van der Waals surface area contributed by atoms with Gasteiger partial charge in [0.25, 0.3) is 0 Å². The molecule has 0 aliphatic carbocycles. The Kier molecular flexibility index (Phi) is 11.8. The van der Waals surface area contributed by atoms with Gasteiger partial charge in [-0.1, -0.05) is 279 Å². The van der Waals surface area contributed by atoms with E-state index in [0.29, 0.717) is 0 Å². The molecule has 0 saturated carbocycles. The van der Waals surface area contributed by atoms with Crippen LogP contribution in [0.2, 0.25) is 0 Å². The molecule has 0 radical (unpaired) electrons. The zero-order valence-corrected chi connectivity index (χ0v) is 35.7. The Morgan fingerprint density at radius 2 is 0.438 bits per heavy atom. The summed E-state index contributed by atoms with van der Waals surface area (Å²) in [5.41, 5.74) is 19.5. The Bertz CT molecular complexity index is 2790. The highest BCUT2D eigenvalue weighted by molar-refractivity contribution is 6.09. The van der Waals surface area contributed by atoms with Gasteiger partial charge in [-0.3, -0.25) is 0 Å². The predicted molar refractivity (Wildman–Crippen MR) is 269 cm³/mol. The third-order valence-electron chi connectivity index (χ3n) is 12.4. The second-order valence-electron chi connectivity index (χ2n) is 16.3. The molecule has 0 saturated heterocycles. The average molecular weight is 817 g/mol. The summed E-state index contributed by atoms with van der Waals surface area (Å²) < 4.78 is 0. The normalized spacial score (nSPS) is 11.7. The summed E-state index contributed by atoms with van der Waals surface area (Å²) in [7, 11) is 0. The van der Waals surface area contributed by atoms with Crippen LogP contribution in [-0.2, 0) is 0 Å². The summed E-state index contributed by atoms with van der Waals surface area (Å²) in [5, 5.41) is 0. The first kappa shape index (κ1) is 40.0. The van der Waals surface area contributed by atoms with Gasteiger partial charge in [0.2, 0.25) is 0 Å². The van der Waals surface area contributed by atoms with E-state index in [1.54, 1.807) is 0 Å². The molecule has 10 aromatic carbocycles. The molecule has 0 aliphatic rings. The molecule has 0 bridgehead atoms. The van der Waals surface area contributed by atoms with E-state index in [1.807, 2.05) is 0 Å². The summed E-state index contributed by atoms with van der Waals surface area (Å²) in [4.78, 5) is 0. The van der Waals surface area contributed by atoms with E-state index in [1.165, 1.54) is 77.9 Å². The molecule has 0 fully saturated rings. The summed E-state index contributed by atoms with van der Waals surface area (Å²) >= 11 is 0. The van der Waals surface area contributed by atoms with Crippen LogP contribution in [0.5, 0.6) is 0 Å². The molecule has 304 valence electrons. The monoisotopic (exact) mass is 816 g/mol. The third-order valence-corrected chi connectivity index (χ3v) is 12.4. The van der Waals surface area contributed by atoms with Crippen molar-refractivity contribution in [2.75, 3.05) is 0 Å². The fourth-order valence-electron chi connectivity index (χ4n) is 9.43. The van der Waals surface area contributed by atoms with E-state index in [4.69, 9.17) is 0 Å². The standard InChI is InChI=1S/C64H48/c1-7-23-49(24-8-1)61(50-25-9-2-10-26-50)55-43-39-47(40-44-55)57-35-19-21-37-59(57)63(53-31-15-5-16-32-53)64(54-33-17-6-18-34-54)60-38-22-20-36-58(60)48-41-45-56(46-42-48)62(51-27-11-3-12-28-51)52-29-13-4-14-30-52/h1-46,61-62H/b64-63-. The van der Waals surface area contributed by atoms with E-state index in [-0.39, 0.29) is 11.8 Å². The maximum absolute atomic E-state index is 2.32. The van der Waals surface area contributed by atoms with Crippen LogP contribution in [0.4, 0.5) is 0 Å². The maximum atomic E-state index is 2.32. The molecule has 0 atom stereocenters. The second kappa shape index (κ2) is 18.9. The lowest BCUT2D eigenvalue weighted by Crippen LogP contribution is -2.04. The molecule has 0 nitrogen and oxygen atoms in total. The van der Waals surface area contributed by atoms with Gasteiger partial charge in [-0.15, -0.1) is 0 Å². The van der Waals surface area contributed by atoms with Crippen LogP contribution < -0.4 is 0 Å². The molecular formula is C64H48. The van der Waals surface area contributed by atoms with Gasteiger partial charge in [-0.25, -0.2) is 0 Å². The Balaban J connectivity index is 1.13. The minimum absolute atomic E-state index is 0.129. The van der Waals surface area contributed by atoms with Crippen molar-refractivity contribution in [2.45, 2.75) is 11.8 Å². The lowest BCUT2D eigenvalue weighted by atomic mass is 9.80. The van der Waals surface area contributed by atoms with E-state index in [2.05, 4.69) is 279 Å². The number of hydrogen-bond acceptors (Lipinski definition) is 0. The van der Waals surface area contributed by atoms with E-state index in [0.717, 1.165) is 11.1 Å². The fraction of sp³-hybridized carbons (Fsp3) is 0.0312. The first-order valence-electron chi connectivity index (χ1n) is 22.2. The molecule has 0 aliphatic heterocycles.